The summed E-state index contributed by atoms with van der Waals surface area (Å²) in [6, 6.07) is 6.04. The lowest BCUT2D eigenvalue weighted by Gasteiger charge is -2.21. The predicted octanol–water partition coefficient (Wildman–Crippen LogP) is 3.03. The van der Waals surface area contributed by atoms with Crippen LogP contribution in [0.15, 0.2) is 34.9 Å². The molecule has 0 aliphatic heterocycles. The summed E-state index contributed by atoms with van der Waals surface area (Å²) < 4.78 is 42.9. The maximum Gasteiger partial charge on any atom is 0.280 e. The van der Waals surface area contributed by atoms with Crippen molar-refractivity contribution in [3.8, 4) is 0 Å². The molecule has 0 fully saturated rings. The molecule has 0 unspecified atom stereocenters. The lowest BCUT2D eigenvalue weighted by atomic mass is 10.2. The molecule has 20 heavy (non-hydrogen) atoms. The van der Waals surface area contributed by atoms with Gasteiger partial charge in [0.2, 0.25) is 0 Å². The summed E-state index contributed by atoms with van der Waals surface area (Å²) in [5.74, 6) is -0.853. The van der Waals surface area contributed by atoms with E-state index in [-0.39, 0.29) is 11.4 Å². The van der Waals surface area contributed by atoms with Crippen LogP contribution in [0.5, 0.6) is 0 Å². The van der Waals surface area contributed by atoms with Crippen LogP contribution in [0.2, 0.25) is 0 Å². The zero-order chi connectivity index (χ0) is 14.7. The van der Waals surface area contributed by atoms with Gasteiger partial charge in [-0.05, 0) is 31.2 Å². The summed E-state index contributed by atoms with van der Waals surface area (Å²) in [7, 11) is 0. The smallest absolute Gasteiger partial charge is 0.280 e. The SMILES string of the molecule is Cc1cc(C(=O)N(CC(F)F)c2ccc(F)cc2)no1. The van der Waals surface area contributed by atoms with E-state index < -0.39 is 24.7 Å². The first-order valence-electron chi connectivity index (χ1n) is 5.76. The van der Waals surface area contributed by atoms with E-state index in [1.54, 1.807) is 6.92 Å². The van der Waals surface area contributed by atoms with Crippen molar-refractivity contribution in [2.45, 2.75) is 13.3 Å². The van der Waals surface area contributed by atoms with Gasteiger partial charge in [0.25, 0.3) is 12.3 Å². The van der Waals surface area contributed by atoms with Gasteiger partial charge in [0.15, 0.2) is 5.69 Å². The van der Waals surface area contributed by atoms with E-state index in [0.717, 1.165) is 17.0 Å². The van der Waals surface area contributed by atoms with Crippen molar-refractivity contribution in [2.24, 2.45) is 0 Å². The molecule has 1 heterocycles. The van der Waals surface area contributed by atoms with Gasteiger partial charge in [-0.1, -0.05) is 5.16 Å². The van der Waals surface area contributed by atoms with E-state index in [1.807, 2.05) is 0 Å². The molecule has 0 saturated heterocycles. The number of carbonyl (C=O) groups is 1. The minimum Gasteiger partial charge on any atom is -0.361 e. The van der Waals surface area contributed by atoms with Crippen LogP contribution in [0.25, 0.3) is 0 Å². The highest BCUT2D eigenvalue weighted by Gasteiger charge is 2.24. The Kier molecular flexibility index (Phi) is 4.07. The highest BCUT2D eigenvalue weighted by Crippen LogP contribution is 2.19. The Balaban J connectivity index is 2.32. The first kappa shape index (κ1) is 14.1. The minimum atomic E-state index is -2.72. The predicted molar refractivity (Wildman–Crippen MR) is 65.3 cm³/mol. The molecule has 0 N–H and O–H groups in total. The molecular formula is C13H11F3N2O2. The fourth-order valence-electron chi connectivity index (χ4n) is 1.67. The largest absolute Gasteiger partial charge is 0.361 e. The quantitative estimate of drug-likeness (QED) is 0.867. The molecule has 7 heteroatoms. The monoisotopic (exact) mass is 284 g/mol. The third-order valence-corrected chi connectivity index (χ3v) is 2.55. The first-order chi connectivity index (χ1) is 9.47. The van der Waals surface area contributed by atoms with Crippen molar-refractivity contribution < 1.29 is 22.5 Å². The Morgan fingerprint density at radius 3 is 2.50 bits per heavy atom. The summed E-state index contributed by atoms with van der Waals surface area (Å²) in [5, 5.41) is 3.50. The number of carbonyl (C=O) groups excluding carboxylic acids is 1. The number of hydrogen-bond donors (Lipinski definition) is 0. The molecule has 0 atom stereocenters. The maximum absolute atomic E-state index is 12.9. The summed E-state index contributed by atoms with van der Waals surface area (Å²) >= 11 is 0. The fourth-order valence-corrected chi connectivity index (χ4v) is 1.67. The molecule has 2 rings (SSSR count). The van der Waals surface area contributed by atoms with E-state index in [9.17, 15) is 18.0 Å². The second kappa shape index (κ2) is 5.77. The second-order valence-corrected chi connectivity index (χ2v) is 4.11. The molecule has 0 radical (unpaired) electrons. The van der Waals surface area contributed by atoms with Crippen molar-refractivity contribution in [2.75, 3.05) is 11.4 Å². The van der Waals surface area contributed by atoms with Gasteiger partial charge in [-0.25, -0.2) is 13.2 Å². The normalized spacial score (nSPS) is 10.8. The Labute approximate surface area is 112 Å². The van der Waals surface area contributed by atoms with Crippen LogP contribution in [0.4, 0.5) is 18.9 Å². The molecule has 1 aromatic heterocycles. The van der Waals surface area contributed by atoms with Crippen molar-refractivity contribution in [3.63, 3.8) is 0 Å². The number of hydrogen-bond acceptors (Lipinski definition) is 3. The number of nitrogens with zero attached hydrogens (tertiary/aromatic N) is 2. The first-order valence-corrected chi connectivity index (χ1v) is 5.76. The molecular weight excluding hydrogens is 273 g/mol. The van der Waals surface area contributed by atoms with E-state index >= 15 is 0 Å². The third kappa shape index (κ3) is 3.17. The molecule has 106 valence electrons. The van der Waals surface area contributed by atoms with E-state index in [2.05, 4.69) is 5.16 Å². The average Bonchev–Trinajstić information content (AvgIpc) is 2.83. The Morgan fingerprint density at radius 2 is 2.00 bits per heavy atom. The summed E-state index contributed by atoms with van der Waals surface area (Å²) in [5.41, 5.74) is 0.0878. The molecule has 1 amide bonds. The van der Waals surface area contributed by atoms with Crippen molar-refractivity contribution >= 4 is 11.6 Å². The average molecular weight is 284 g/mol. The van der Waals surface area contributed by atoms with Crippen molar-refractivity contribution in [1.29, 1.82) is 0 Å². The summed E-state index contributed by atoms with van der Waals surface area (Å²) in [6.07, 6.45) is -2.72. The highest BCUT2D eigenvalue weighted by molar-refractivity contribution is 6.04. The van der Waals surface area contributed by atoms with Crippen LogP contribution in [0.3, 0.4) is 0 Å². The van der Waals surface area contributed by atoms with Crippen LogP contribution in [0.1, 0.15) is 16.2 Å². The van der Waals surface area contributed by atoms with E-state index in [0.29, 0.717) is 5.76 Å². The number of rotatable bonds is 4. The van der Waals surface area contributed by atoms with Crippen LogP contribution in [-0.2, 0) is 0 Å². The van der Waals surface area contributed by atoms with Gasteiger partial charge in [-0.15, -0.1) is 0 Å². The summed E-state index contributed by atoms with van der Waals surface area (Å²) in [4.78, 5) is 13.0. The van der Waals surface area contributed by atoms with Gasteiger partial charge in [0.1, 0.15) is 11.6 Å². The standard InChI is InChI=1S/C13H11F3N2O2/c1-8-6-11(17-20-8)13(19)18(7-12(15)16)10-4-2-9(14)3-5-10/h2-6,12H,7H2,1H3. The number of halogens is 3. The lowest BCUT2D eigenvalue weighted by molar-refractivity contribution is 0.0937. The van der Waals surface area contributed by atoms with Crippen LogP contribution >= 0.6 is 0 Å². The number of benzene rings is 1. The molecule has 2 aromatic rings. The Morgan fingerprint density at radius 1 is 1.35 bits per heavy atom. The van der Waals surface area contributed by atoms with Gasteiger partial charge >= 0.3 is 0 Å². The molecule has 0 bridgehead atoms. The zero-order valence-electron chi connectivity index (χ0n) is 10.5. The van der Waals surface area contributed by atoms with E-state index in [4.69, 9.17) is 4.52 Å². The minimum absolute atomic E-state index is 0.0764. The number of alkyl halides is 2. The number of amides is 1. The number of aryl methyl sites for hydroxylation is 1. The Hall–Kier alpha value is -2.31. The molecule has 4 nitrogen and oxygen atoms in total. The van der Waals surface area contributed by atoms with Gasteiger partial charge < -0.3 is 9.42 Å². The molecule has 0 spiro atoms. The highest BCUT2D eigenvalue weighted by atomic mass is 19.3. The van der Waals surface area contributed by atoms with Crippen LogP contribution < -0.4 is 4.90 Å². The fraction of sp³-hybridized carbons (Fsp3) is 0.231. The van der Waals surface area contributed by atoms with E-state index in [1.165, 1.54) is 18.2 Å². The zero-order valence-corrected chi connectivity index (χ0v) is 10.5. The van der Waals surface area contributed by atoms with Gasteiger partial charge in [0, 0.05) is 11.8 Å². The lowest BCUT2D eigenvalue weighted by Crippen LogP contribution is -2.35. The van der Waals surface area contributed by atoms with Gasteiger partial charge in [-0.3, -0.25) is 4.79 Å². The topological polar surface area (TPSA) is 46.3 Å². The van der Waals surface area contributed by atoms with Crippen LogP contribution in [-0.4, -0.2) is 24.0 Å². The molecule has 0 aliphatic carbocycles. The maximum atomic E-state index is 12.9. The van der Waals surface area contributed by atoms with Gasteiger partial charge in [0.05, 0.1) is 6.54 Å². The number of anilines is 1. The molecule has 0 aliphatic rings. The molecule has 0 saturated carbocycles. The van der Waals surface area contributed by atoms with Crippen molar-refractivity contribution in [1.82, 2.24) is 5.16 Å². The van der Waals surface area contributed by atoms with Gasteiger partial charge in [-0.2, -0.15) is 0 Å². The number of aromatic nitrogens is 1. The second-order valence-electron chi connectivity index (χ2n) is 4.11. The van der Waals surface area contributed by atoms with Crippen molar-refractivity contribution in [3.05, 3.63) is 47.6 Å². The molecule has 1 aromatic carbocycles. The Bertz CT molecular complexity index is 596. The van der Waals surface area contributed by atoms with Crippen LogP contribution in [0, 0.1) is 12.7 Å². The third-order valence-electron chi connectivity index (χ3n) is 2.55. The summed E-state index contributed by atoms with van der Waals surface area (Å²) in [6.45, 7) is 0.773.